The van der Waals surface area contributed by atoms with Gasteiger partial charge in [0.25, 0.3) is 0 Å². The summed E-state index contributed by atoms with van der Waals surface area (Å²) in [5, 5.41) is 4.14. The van der Waals surface area contributed by atoms with Crippen LogP contribution >= 0.6 is 11.8 Å². The fraction of sp³-hybridized carbons (Fsp3) is 0.462. The van der Waals surface area contributed by atoms with Gasteiger partial charge >= 0.3 is 0 Å². The van der Waals surface area contributed by atoms with Crippen molar-refractivity contribution in [3.05, 3.63) is 29.6 Å². The average Bonchev–Trinajstić information content (AvgIpc) is 2.34. The van der Waals surface area contributed by atoms with Gasteiger partial charge in [0, 0.05) is 11.4 Å². The van der Waals surface area contributed by atoms with Crippen molar-refractivity contribution in [1.29, 1.82) is 0 Å². The Morgan fingerprint density at radius 1 is 1.53 bits per heavy atom. The van der Waals surface area contributed by atoms with Gasteiger partial charge in [-0.3, -0.25) is 4.99 Å². The fourth-order valence-corrected chi connectivity index (χ4v) is 2.76. The maximum absolute atomic E-state index is 13.2. The van der Waals surface area contributed by atoms with Gasteiger partial charge in [0.2, 0.25) is 0 Å². The average molecular weight is 252 g/mol. The van der Waals surface area contributed by atoms with Crippen molar-refractivity contribution in [3.63, 3.8) is 0 Å². The summed E-state index contributed by atoms with van der Waals surface area (Å²) in [6.07, 6.45) is 2.20. The van der Waals surface area contributed by atoms with E-state index in [9.17, 15) is 4.39 Å². The Hall–Kier alpha value is -1.03. The zero-order chi connectivity index (χ0) is 12.3. The normalized spacial score (nSPS) is 19.9. The first-order valence-corrected chi connectivity index (χ1v) is 6.91. The van der Waals surface area contributed by atoms with Gasteiger partial charge in [0.15, 0.2) is 5.17 Å². The fourth-order valence-electron chi connectivity index (χ4n) is 1.77. The van der Waals surface area contributed by atoms with E-state index in [4.69, 9.17) is 0 Å². The van der Waals surface area contributed by atoms with Crippen molar-refractivity contribution >= 4 is 22.6 Å². The van der Waals surface area contributed by atoms with Crippen LogP contribution in [-0.2, 0) is 0 Å². The summed E-state index contributed by atoms with van der Waals surface area (Å²) in [6.45, 7) is 4.11. The molecule has 4 heteroatoms. The summed E-state index contributed by atoms with van der Waals surface area (Å²) < 4.78 is 13.2. The summed E-state index contributed by atoms with van der Waals surface area (Å²) in [7, 11) is 0. The number of nitrogens with one attached hydrogen (secondary N) is 1. The molecule has 2 nitrogen and oxygen atoms in total. The zero-order valence-corrected chi connectivity index (χ0v) is 11.0. The molecule has 0 aliphatic carbocycles. The van der Waals surface area contributed by atoms with E-state index in [0.717, 1.165) is 35.0 Å². The molecule has 1 N–H and O–H groups in total. The van der Waals surface area contributed by atoms with Crippen LogP contribution in [0.1, 0.15) is 25.3 Å². The van der Waals surface area contributed by atoms with E-state index < -0.39 is 0 Å². The van der Waals surface area contributed by atoms with Crippen LogP contribution in [0.15, 0.2) is 23.2 Å². The zero-order valence-electron chi connectivity index (χ0n) is 10.2. The molecule has 0 aromatic heterocycles. The van der Waals surface area contributed by atoms with Crippen molar-refractivity contribution < 1.29 is 4.39 Å². The molecule has 0 saturated heterocycles. The van der Waals surface area contributed by atoms with Crippen LogP contribution in [0, 0.1) is 12.7 Å². The maximum atomic E-state index is 13.2. The minimum Gasteiger partial charge on any atom is -0.335 e. The summed E-state index contributed by atoms with van der Waals surface area (Å²) in [5.41, 5.74) is 1.85. The Bertz CT molecular complexity index is 431. The minimum absolute atomic E-state index is 0.216. The number of rotatable bonds is 2. The molecular weight excluding hydrogens is 235 g/mol. The molecule has 17 heavy (non-hydrogen) atoms. The van der Waals surface area contributed by atoms with Crippen LogP contribution in [0.25, 0.3) is 0 Å². The first kappa shape index (κ1) is 12.4. The highest BCUT2D eigenvalue weighted by molar-refractivity contribution is 8.14. The van der Waals surface area contributed by atoms with Crippen molar-refractivity contribution in [2.24, 2.45) is 4.99 Å². The molecule has 1 aliphatic rings. The van der Waals surface area contributed by atoms with Gasteiger partial charge in [-0.05, 0) is 37.5 Å². The first-order chi connectivity index (χ1) is 8.19. The summed E-state index contributed by atoms with van der Waals surface area (Å²) in [4.78, 5) is 4.61. The Balaban J connectivity index is 2.15. The third-order valence-corrected chi connectivity index (χ3v) is 3.82. The lowest BCUT2D eigenvalue weighted by Gasteiger charge is -2.20. The molecule has 1 aromatic carbocycles. The Morgan fingerprint density at radius 2 is 2.35 bits per heavy atom. The summed E-state index contributed by atoms with van der Waals surface area (Å²) >= 11 is 1.71. The SMILES string of the molecule is CCC1CCSC(Nc2cc(F)ccc2C)=N1. The summed E-state index contributed by atoms with van der Waals surface area (Å²) in [6, 6.07) is 5.19. The van der Waals surface area contributed by atoms with Crippen molar-refractivity contribution in [2.45, 2.75) is 32.7 Å². The molecule has 0 radical (unpaired) electrons. The molecule has 2 rings (SSSR count). The molecular formula is C13H17FN2S. The van der Waals surface area contributed by atoms with Crippen molar-refractivity contribution in [2.75, 3.05) is 11.1 Å². The highest BCUT2D eigenvalue weighted by Gasteiger charge is 2.14. The highest BCUT2D eigenvalue weighted by Crippen LogP contribution is 2.23. The molecule has 0 amide bonds. The third-order valence-electron chi connectivity index (χ3n) is 2.90. The highest BCUT2D eigenvalue weighted by atomic mass is 32.2. The van der Waals surface area contributed by atoms with Gasteiger partial charge in [-0.15, -0.1) is 0 Å². The first-order valence-electron chi connectivity index (χ1n) is 5.93. The second kappa shape index (κ2) is 5.54. The smallest absolute Gasteiger partial charge is 0.161 e. The van der Waals surface area contributed by atoms with Crippen LogP contribution in [0.2, 0.25) is 0 Å². The monoisotopic (exact) mass is 252 g/mol. The molecule has 0 spiro atoms. The lowest BCUT2D eigenvalue weighted by atomic mass is 10.2. The molecule has 1 heterocycles. The van der Waals surface area contributed by atoms with E-state index in [1.807, 2.05) is 6.92 Å². The number of hydrogen-bond donors (Lipinski definition) is 1. The van der Waals surface area contributed by atoms with Gasteiger partial charge in [-0.1, -0.05) is 24.8 Å². The standard InChI is InChI=1S/C13H17FN2S/c1-3-11-6-7-17-13(15-11)16-12-8-10(14)5-4-9(12)2/h4-5,8,11H,3,6-7H2,1-2H3,(H,15,16). The number of thioether (sulfide) groups is 1. The largest absolute Gasteiger partial charge is 0.335 e. The van der Waals surface area contributed by atoms with Crippen molar-refractivity contribution in [1.82, 2.24) is 0 Å². The second-order valence-corrected chi connectivity index (χ2v) is 5.30. The maximum Gasteiger partial charge on any atom is 0.161 e. The second-order valence-electron chi connectivity index (χ2n) is 4.22. The molecule has 92 valence electrons. The van der Waals surface area contributed by atoms with Crippen LogP contribution in [0.3, 0.4) is 0 Å². The molecule has 0 fully saturated rings. The molecule has 1 aliphatic heterocycles. The topological polar surface area (TPSA) is 24.4 Å². The lowest BCUT2D eigenvalue weighted by Crippen LogP contribution is -2.20. The van der Waals surface area contributed by atoms with Gasteiger partial charge in [0.1, 0.15) is 5.82 Å². The third kappa shape index (κ3) is 3.22. The molecule has 0 saturated carbocycles. The van der Waals surface area contributed by atoms with Gasteiger partial charge < -0.3 is 5.32 Å². The Kier molecular flexibility index (Phi) is 4.05. The van der Waals surface area contributed by atoms with Crippen LogP contribution in [0.5, 0.6) is 0 Å². The number of hydrogen-bond acceptors (Lipinski definition) is 3. The van der Waals surface area contributed by atoms with E-state index in [1.54, 1.807) is 17.8 Å². The van der Waals surface area contributed by atoms with Crippen LogP contribution in [-0.4, -0.2) is 17.0 Å². The quantitative estimate of drug-likeness (QED) is 0.865. The number of benzene rings is 1. The number of nitrogens with zero attached hydrogens (tertiary/aromatic N) is 1. The number of halogens is 1. The predicted octanol–water partition coefficient (Wildman–Crippen LogP) is 3.82. The van der Waals surface area contributed by atoms with E-state index in [2.05, 4.69) is 17.2 Å². The number of aliphatic imine (C=N–C) groups is 1. The summed E-state index contributed by atoms with van der Waals surface area (Å²) in [5.74, 6) is 0.866. The van der Waals surface area contributed by atoms with Crippen molar-refractivity contribution in [3.8, 4) is 0 Å². The molecule has 1 aromatic rings. The number of aryl methyl sites for hydroxylation is 1. The van der Waals surface area contributed by atoms with Gasteiger partial charge in [-0.25, -0.2) is 4.39 Å². The van der Waals surface area contributed by atoms with Crippen LogP contribution < -0.4 is 5.32 Å². The Morgan fingerprint density at radius 3 is 3.12 bits per heavy atom. The van der Waals surface area contributed by atoms with Crippen LogP contribution in [0.4, 0.5) is 10.1 Å². The van der Waals surface area contributed by atoms with E-state index in [0.29, 0.717) is 6.04 Å². The lowest BCUT2D eigenvalue weighted by molar-refractivity contribution is 0.628. The molecule has 0 bridgehead atoms. The number of amidine groups is 1. The number of anilines is 1. The minimum atomic E-state index is -0.216. The van der Waals surface area contributed by atoms with Gasteiger partial charge in [0.05, 0.1) is 6.04 Å². The van der Waals surface area contributed by atoms with E-state index >= 15 is 0 Å². The van der Waals surface area contributed by atoms with E-state index in [-0.39, 0.29) is 5.82 Å². The molecule has 1 unspecified atom stereocenters. The van der Waals surface area contributed by atoms with E-state index in [1.165, 1.54) is 12.1 Å². The molecule has 1 atom stereocenters. The predicted molar refractivity (Wildman–Crippen MR) is 73.3 cm³/mol. The van der Waals surface area contributed by atoms with Gasteiger partial charge in [-0.2, -0.15) is 0 Å². The Labute approximate surface area is 106 Å².